The Bertz CT molecular complexity index is 291. The Labute approximate surface area is 130 Å². The van der Waals surface area contributed by atoms with Crippen LogP contribution in [0.4, 0.5) is 0 Å². The molecule has 2 N–H and O–H groups in total. The van der Waals surface area contributed by atoms with Crippen LogP contribution in [0.25, 0.3) is 0 Å². The number of nitrogens with two attached hydrogens (primary N) is 1. The van der Waals surface area contributed by atoms with Crippen molar-refractivity contribution in [2.75, 3.05) is 39.8 Å². The normalized spacial score (nSPS) is 16.0. The third-order valence-corrected chi connectivity index (χ3v) is 4.21. The van der Waals surface area contributed by atoms with Crippen molar-refractivity contribution in [3.8, 4) is 0 Å². The van der Waals surface area contributed by atoms with Crippen LogP contribution in [-0.2, 0) is 9.53 Å². The van der Waals surface area contributed by atoms with Gasteiger partial charge in [-0.1, -0.05) is 20.8 Å². The molecule has 0 aliphatic carbocycles. The SMILES string of the molecule is CCN(CC)CCCN(CC)C(C)CC(C)(N)C(=O)OC. The van der Waals surface area contributed by atoms with Crippen LogP contribution in [0.3, 0.4) is 0 Å². The minimum atomic E-state index is -0.916. The summed E-state index contributed by atoms with van der Waals surface area (Å²) in [7, 11) is 1.39. The highest BCUT2D eigenvalue weighted by molar-refractivity contribution is 5.79. The van der Waals surface area contributed by atoms with E-state index in [0.717, 1.165) is 39.1 Å². The van der Waals surface area contributed by atoms with Crippen LogP contribution in [0.5, 0.6) is 0 Å². The summed E-state index contributed by atoms with van der Waals surface area (Å²) in [4.78, 5) is 16.5. The lowest BCUT2D eigenvalue weighted by Gasteiger charge is -2.33. The first-order chi connectivity index (χ1) is 9.82. The minimum absolute atomic E-state index is 0.265. The first kappa shape index (κ1) is 20.3. The summed E-state index contributed by atoms with van der Waals surface area (Å²) in [5.74, 6) is -0.339. The van der Waals surface area contributed by atoms with Crippen molar-refractivity contribution in [2.24, 2.45) is 5.73 Å². The number of hydrogen-bond donors (Lipinski definition) is 1. The van der Waals surface area contributed by atoms with Crippen molar-refractivity contribution in [1.82, 2.24) is 9.80 Å². The highest BCUT2D eigenvalue weighted by Crippen LogP contribution is 2.15. The zero-order valence-corrected chi connectivity index (χ0v) is 14.8. The number of methoxy groups -OCH3 is 1. The molecule has 21 heavy (non-hydrogen) atoms. The molecule has 126 valence electrons. The summed E-state index contributed by atoms with van der Waals surface area (Å²) in [5, 5.41) is 0. The standard InChI is InChI=1S/C16H35N3O2/c1-7-18(8-2)11-10-12-19(9-3)14(4)13-16(5,17)15(20)21-6/h14H,7-13,17H2,1-6H3. The molecule has 0 aliphatic rings. The highest BCUT2D eigenvalue weighted by Gasteiger charge is 2.32. The molecule has 2 unspecified atom stereocenters. The summed E-state index contributed by atoms with van der Waals surface area (Å²) < 4.78 is 4.78. The molecule has 0 heterocycles. The Hall–Kier alpha value is -0.650. The van der Waals surface area contributed by atoms with Gasteiger partial charge in [0.25, 0.3) is 0 Å². The molecule has 5 nitrogen and oxygen atoms in total. The van der Waals surface area contributed by atoms with Crippen LogP contribution in [0.2, 0.25) is 0 Å². The van der Waals surface area contributed by atoms with Gasteiger partial charge in [-0.15, -0.1) is 0 Å². The molecule has 0 spiro atoms. The van der Waals surface area contributed by atoms with Gasteiger partial charge in [0, 0.05) is 6.04 Å². The van der Waals surface area contributed by atoms with Crippen LogP contribution < -0.4 is 5.73 Å². The van der Waals surface area contributed by atoms with E-state index in [9.17, 15) is 4.79 Å². The Balaban J connectivity index is 4.36. The fourth-order valence-electron chi connectivity index (χ4n) is 2.79. The lowest BCUT2D eigenvalue weighted by molar-refractivity contribution is -0.147. The van der Waals surface area contributed by atoms with E-state index in [0.29, 0.717) is 6.42 Å². The van der Waals surface area contributed by atoms with Gasteiger partial charge in [-0.25, -0.2) is 0 Å². The van der Waals surface area contributed by atoms with Crippen LogP contribution in [-0.4, -0.2) is 67.2 Å². The Kier molecular flexibility index (Phi) is 9.83. The molecule has 0 amide bonds. The van der Waals surface area contributed by atoms with E-state index in [4.69, 9.17) is 10.5 Å². The summed E-state index contributed by atoms with van der Waals surface area (Å²) in [6, 6.07) is 0.265. The van der Waals surface area contributed by atoms with Gasteiger partial charge in [0.15, 0.2) is 0 Å². The number of rotatable bonds is 11. The maximum absolute atomic E-state index is 11.7. The molecular weight excluding hydrogens is 266 g/mol. The van der Waals surface area contributed by atoms with Crippen LogP contribution in [0.15, 0.2) is 0 Å². The maximum Gasteiger partial charge on any atom is 0.325 e. The Morgan fingerprint density at radius 3 is 2.19 bits per heavy atom. The lowest BCUT2D eigenvalue weighted by atomic mass is 9.94. The number of esters is 1. The van der Waals surface area contributed by atoms with Crippen LogP contribution >= 0.6 is 0 Å². The Morgan fingerprint density at radius 2 is 1.76 bits per heavy atom. The van der Waals surface area contributed by atoms with Crippen molar-refractivity contribution >= 4 is 5.97 Å². The molecule has 0 saturated carbocycles. The predicted molar refractivity (Wildman–Crippen MR) is 88.3 cm³/mol. The molecule has 0 aliphatic heterocycles. The topological polar surface area (TPSA) is 58.8 Å². The molecule has 0 fully saturated rings. The smallest absolute Gasteiger partial charge is 0.325 e. The largest absolute Gasteiger partial charge is 0.468 e. The first-order valence-corrected chi connectivity index (χ1v) is 8.15. The van der Waals surface area contributed by atoms with E-state index >= 15 is 0 Å². The van der Waals surface area contributed by atoms with Gasteiger partial charge < -0.3 is 20.3 Å². The molecule has 0 radical (unpaired) electrons. The van der Waals surface area contributed by atoms with Gasteiger partial charge in [-0.05, 0) is 59.4 Å². The van der Waals surface area contributed by atoms with Crippen LogP contribution in [0, 0.1) is 0 Å². The third kappa shape index (κ3) is 7.25. The number of carbonyl (C=O) groups excluding carboxylic acids is 1. The predicted octanol–water partition coefficient (Wildman–Crippen LogP) is 1.71. The molecule has 0 aromatic heterocycles. The lowest BCUT2D eigenvalue weighted by Crippen LogP contribution is -2.51. The number of carbonyl (C=O) groups is 1. The Morgan fingerprint density at radius 1 is 1.19 bits per heavy atom. The van der Waals surface area contributed by atoms with E-state index in [1.54, 1.807) is 6.92 Å². The van der Waals surface area contributed by atoms with E-state index in [1.807, 2.05) is 0 Å². The quantitative estimate of drug-likeness (QED) is 0.589. The summed E-state index contributed by atoms with van der Waals surface area (Å²) in [5.41, 5.74) is 5.16. The molecule has 0 aromatic rings. The van der Waals surface area contributed by atoms with E-state index in [1.165, 1.54) is 7.11 Å². The fraction of sp³-hybridized carbons (Fsp3) is 0.938. The van der Waals surface area contributed by atoms with Crippen molar-refractivity contribution < 1.29 is 9.53 Å². The van der Waals surface area contributed by atoms with Crippen molar-refractivity contribution in [3.05, 3.63) is 0 Å². The molecule has 2 atom stereocenters. The van der Waals surface area contributed by atoms with Gasteiger partial charge in [0.05, 0.1) is 7.11 Å². The molecular formula is C16H35N3O2. The van der Waals surface area contributed by atoms with Gasteiger partial charge in [0.1, 0.15) is 5.54 Å². The third-order valence-electron chi connectivity index (χ3n) is 4.21. The van der Waals surface area contributed by atoms with Crippen molar-refractivity contribution in [1.29, 1.82) is 0 Å². The van der Waals surface area contributed by atoms with Crippen molar-refractivity contribution in [3.63, 3.8) is 0 Å². The molecule has 0 saturated heterocycles. The molecule has 0 rings (SSSR count). The zero-order chi connectivity index (χ0) is 16.5. The average molecular weight is 301 g/mol. The van der Waals surface area contributed by atoms with Crippen molar-refractivity contribution in [2.45, 2.75) is 59.0 Å². The molecule has 5 heteroatoms. The molecule has 0 bridgehead atoms. The number of hydrogen-bond acceptors (Lipinski definition) is 5. The maximum atomic E-state index is 11.7. The highest BCUT2D eigenvalue weighted by atomic mass is 16.5. The second-order valence-electron chi connectivity index (χ2n) is 5.97. The van der Waals surface area contributed by atoms with Gasteiger partial charge in [0.2, 0.25) is 0 Å². The minimum Gasteiger partial charge on any atom is -0.468 e. The average Bonchev–Trinajstić information content (AvgIpc) is 2.46. The fourth-order valence-corrected chi connectivity index (χ4v) is 2.79. The van der Waals surface area contributed by atoms with Gasteiger partial charge in [-0.3, -0.25) is 4.79 Å². The monoisotopic (exact) mass is 301 g/mol. The first-order valence-electron chi connectivity index (χ1n) is 8.15. The number of ether oxygens (including phenoxy) is 1. The summed E-state index contributed by atoms with van der Waals surface area (Å²) in [6.07, 6.45) is 1.75. The number of nitrogens with zero attached hydrogens (tertiary/aromatic N) is 2. The second-order valence-corrected chi connectivity index (χ2v) is 5.97. The van der Waals surface area contributed by atoms with Gasteiger partial charge in [-0.2, -0.15) is 0 Å². The van der Waals surface area contributed by atoms with E-state index < -0.39 is 5.54 Å². The van der Waals surface area contributed by atoms with Crippen LogP contribution in [0.1, 0.15) is 47.5 Å². The van der Waals surface area contributed by atoms with E-state index in [2.05, 4.69) is 37.5 Å². The van der Waals surface area contributed by atoms with E-state index in [-0.39, 0.29) is 12.0 Å². The second kappa shape index (κ2) is 10.1. The summed E-state index contributed by atoms with van der Waals surface area (Å²) >= 11 is 0. The zero-order valence-electron chi connectivity index (χ0n) is 14.8. The van der Waals surface area contributed by atoms with Gasteiger partial charge >= 0.3 is 5.97 Å². The summed E-state index contributed by atoms with van der Waals surface area (Å²) in [6.45, 7) is 15.7. The molecule has 0 aromatic carbocycles.